The molecular weight excluding hydrogens is 356 g/mol. The number of hydrogen-bond donors (Lipinski definition) is 1. The average Bonchev–Trinajstić information content (AvgIpc) is 3.13. The summed E-state index contributed by atoms with van der Waals surface area (Å²) in [4.78, 5) is 16.4. The van der Waals surface area contributed by atoms with Gasteiger partial charge in [0.25, 0.3) is 0 Å². The smallest absolute Gasteiger partial charge is 0.246 e. The van der Waals surface area contributed by atoms with Crippen LogP contribution in [0.5, 0.6) is 0 Å². The lowest BCUT2D eigenvalue weighted by Crippen LogP contribution is -2.38. The molecule has 0 atom stereocenters. The number of carbonyl (C=O) groups excluding carboxylic acids is 1. The zero-order valence-corrected chi connectivity index (χ0v) is 14.5. The molecule has 0 aliphatic rings. The highest BCUT2D eigenvalue weighted by molar-refractivity contribution is 7.89. The molecule has 0 aliphatic carbocycles. The van der Waals surface area contributed by atoms with E-state index < -0.39 is 22.5 Å². The maximum Gasteiger partial charge on any atom is 0.246 e. The first kappa shape index (κ1) is 17.8. The molecule has 8 nitrogen and oxygen atoms in total. The van der Waals surface area contributed by atoms with Crippen molar-refractivity contribution in [2.24, 2.45) is 0 Å². The number of nitrogens with one attached hydrogen (secondary N) is 1. The summed E-state index contributed by atoms with van der Waals surface area (Å²) in [5.74, 6) is -0.338. The highest BCUT2D eigenvalue weighted by Crippen LogP contribution is 2.24. The van der Waals surface area contributed by atoms with Crippen LogP contribution in [0.4, 0.5) is 5.82 Å². The van der Waals surface area contributed by atoms with Gasteiger partial charge in [-0.15, -0.1) is 6.58 Å². The normalized spacial score (nSPS) is 11.6. The predicted octanol–water partition coefficient (Wildman–Crippen LogP) is 2.04. The lowest BCUT2D eigenvalue weighted by molar-refractivity contribution is -0.116. The van der Waals surface area contributed by atoms with Crippen LogP contribution in [-0.2, 0) is 14.8 Å². The summed E-state index contributed by atoms with van der Waals surface area (Å²) in [7, 11) is -3.97. The second-order valence-electron chi connectivity index (χ2n) is 5.35. The van der Waals surface area contributed by atoms with Crippen LogP contribution in [0.1, 0.15) is 0 Å². The van der Waals surface area contributed by atoms with Gasteiger partial charge >= 0.3 is 0 Å². The van der Waals surface area contributed by atoms with E-state index in [2.05, 4.69) is 26.6 Å². The third kappa shape index (κ3) is 3.63. The van der Waals surface area contributed by atoms with Crippen molar-refractivity contribution in [2.75, 3.05) is 18.4 Å². The van der Waals surface area contributed by atoms with Crippen LogP contribution in [0, 0.1) is 0 Å². The van der Waals surface area contributed by atoms with Gasteiger partial charge in [-0.3, -0.25) is 9.78 Å². The summed E-state index contributed by atoms with van der Waals surface area (Å²) in [5, 5.41) is 6.73. The summed E-state index contributed by atoms with van der Waals surface area (Å²) in [6.45, 7) is 3.14. The number of anilines is 1. The Bertz CT molecular complexity index is 1030. The van der Waals surface area contributed by atoms with Crippen LogP contribution >= 0.6 is 0 Å². The topological polar surface area (TPSA) is 105 Å². The SMILES string of the molecule is C=CCN(CC(=O)Nc1ccon1)S(=O)(=O)c1cccc2cccnc12. The molecule has 3 rings (SSSR count). The summed E-state index contributed by atoms with van der Waals surface area (Å²) in [5.41, 5.74) is 0.348. The van der Waals surface area contributed by atoms with Gasteiger partial charge in [-0.25, -0.2) is 8.42 Å². The molecule has 9 heteroatoms. The van der Waals surface area contributed by atoms with Crippen LogP contribution in [0.25, 0.3) is 10.9 Å². The van der Waals surface area contributed by atoms with Crippen molar-refractivity contribution in [3.63, 3.8) is 0 Å². The zero-order chi connectivity index (χ0) is 18.6. The van der Waals surface area contributed by atoms with Gasteiger partial charge in [-0.1, -0.05) is 29.4 Å². The number of rotatable bonds is 7. The highest BCUT2D eigenvalue weighted by atomic mass is 32.2. The fraction of sp³-hybridized carbons (Fsp3) is 0.118. The molecular formula is C17H16N4O4S. The van der Waals surface area contributed by atoms with E-state index in [1.807, 2.05) is 0 Å². The summed E-state index contributed by atoms with van der Waals surface area (Å²) >= 11 is 0. The number of benzene rings is 1. The molecule has 1 amide bonds. The quantitative estimate of drug-likeness (QED) is 0.636. The summed E-state index contributed by atoms with van der Waals surface area (Å²) in [6.07, 6.45) is 4.24. The zero-order valence-electron chi connectivity index (χ0n) is 13.7. The van der Waals surface area contributed by atoms with Crippen molar-refractivity contribution in [2.45, 2.75) is 4.90 Å². The third-order valence-electron chi connectivity index (χ3n) is 3.57. The molecule has 1 aromatic carbocycles. The van der Waals surface area contributed by atoms with E-state index >= 15 is 0 Å². The Balaban J connectivity index is 1.92. The van der Waals surface area contributed by atoms with Gasteiger partial charge in [0.15, 0.2) is 5.82 Å². The molecule has 0 saturated carbocycles. The van der Waals surface area contributed by atoms with Crippen molar-refractivity contribution < 1.29 is 17.7 Å². The standard InChI is InChI=1S/C17H16N4O4S/c1-2-10-21(12-16(22)19-15-8-11-25-20-15)26(23,24)14-7-3-5-13-6-4-9-18-17(13)14/h2-9,11H,1,10,12H2,(H,19,20,22). The Morgan fingerprint density at radius 1 is 1.27 bits per heavy atom. The predicted molar refractivity (Wildman–Crippen MR) is 95.8 cm³/mol. The van der Waals surface area contributed by atoms with Crippen molar-refractivity contribution >= 4 is 32.7 Å². The first-order valence-corrected chi connectivity index (χ1v) is 9.11. The molecule has 134 valence electrons. The molecule has 0 spiro atoms. The number of sulfonamides is 1. The van der Waals surface area contributed by atoms with E-state index in [9.17, 15) is 13.2 Å². The Morgan fingerprint density at radius 3 is 2.81 bits per heavy atom. The number of aromatic nitrogens is 2. The molecule has 0 radical (unpaired) electrons. The maximum absolute atomic E-state index is 13.1. The van der Waals surface area contributed by atoms with E-state index in [1.165, 1.54) is 30.7 Å². The van der Waals surface area contributed by atoms with Gasteiger partial charge in [0, 0.05) is 24.2 Å². The Hall–Kier alpha value is -3.04. The lowest BCUT2D eigenvalue weighted by Gasteiger charge is -2.20. The van der Waals surface area contributed by atoms with Crippen LogP contribution in [0.3, 0.4) is 0 Å². The average molecular weight is 372 g/mol. The first-order chi connectivity index (χ1) is 12.5. The number of fused-ring (bicyclic) bond motifs is 1. The van der Waals surface area contributed by atoms with Crippen molar-refractivity contribution in [1.29, 1.82) is 0 Å². The van der Waals surface area contributed by atoms with E-state index in [4.69, 9.17) is 0 Å². The number of hydrogen-bond acceptors (Lipinski definition) is 6. The number of nitrogens with zero attached hydrogens (tertiary/aromatic N) is 3. The summed E-state index contributed by atoms with van der Waals surface area (Å²) in [6, 6.07) is 9.84. The van der Waals surface area contributed by atoms with Gasteiger partial charge in [0.1, 0.15) is 11.2 Å². The van der Waals surface area contributed by atoms with Crippen LogP contribution in [-0.4, -0.2) is 41.9 Å². The fourth-order valence-electron chi connectivity index (χ4n) is 2.43. The van der Waals surface area contributed by atoms with Gasteiger partial charge in [0.2, 0.25) is 15.9 Å². The monoisotopic (exact) mass is 372 g/mol. The molecule has 3 aromatic rings. The van der Waals surface area contributed by atoms with Crippen molar-refractivity contribution in [1.82, 2.24) is 14.4 Å². The maximum atomic E-state index is 13.1. The minimum absolute atomic E-state index is 0.0300. The molecule has 0 bridgehead atoms. The lowest BCUT2D eigenvalue weighted by atomic mass is 10.2. The Morgan fingerprint density at radius 2 is 2.08 bits per heavy atom. The molecule has 0 aliphatic heterocycles. The number of para-hydroxylation sites is 1. The van der Waals surface area contributed by atoms with E-state index in [-0.39, 0.29) is 17.3 Å². The van der Waals surface area contributed by atoms with Gasteiger partial charge < -0.3 is 9.84 Å². The van der Waals surface area contributed by atoms with Crippen LogP contribution in [0.2, 0.25) is 0 Å². The fourth-order valence-corrected chi connectivity index (χ4v) is 3.97. The summed E-state index contributed by atoms with van der Waals surface area (Å²) < 4.78 is 31.9. The second kappa shape index (κ2) is 7.46. The van der Waals surface area contributed by atoms with Crippen LogP contribution < -0.4 is 5.32 Å². The Kier molecular flexibility index (Phi) is 5.10. The first-order valence-electron chi connectivity index (χ1n) is 7.67. The van der Waals surface area contributed by atoms with Crippen LogP contribution in [0.15, 0.2) is 70.9 Å². The van der Waals surface area contributed by atoms with E-state index in [0.29, 0.717) is 10.9 Å². The van der Waals surface area contributed by atoms with Crippen molar-refractivity contribution in [3.8, 4) is 0 Å². The van der Waals surface area contributed by atoms with Gasteiger partial charge in [-0.2, -0.15) is 4.31 Å². The molecule has 0 saturated heterocycles. The minimum atomic E-state index is -3.97. The molecule has 2 aromatic heterocycles. The van der Waals surface area contributed by atoms with Crippen molar-refractivity contribution in [3.05, 3.63) is 61.5 Å². The molecule has 2 heterocycles. The number of pyridine rings is 1. The number of amides is 1. The van der Waals surface area contributed by atoms with E-state index in [0.717, 1.165) is 4.31 Å². The van der Waals surface area contributed by atoms with Gasteiger partial charge in [-0.05, 0) is 12.1 Å². The molecule has 0 fully saturated rings. The molecule has 1 N–H and O–H groups in total. The third-order valence-corrected chi connectivity index (χ3v) is 5.41. The van der Waals surface area contributed by atoms with Gasteiger partial charge in [0.05, 0.1) is 12.1 Å². The highest BCUT2D eigenvalue weighted by Gasteiger charge is 2.28. The second-order valence-corrected chi connectivity index (χ2v) is 7.26. The largest absolute Gasteiger partial charge is 0.363 e. The molecule has 0 unspecified atom stereocenters. The van der Waals surface area contributed by atoms with E-state index in [1.54, 1.807) is 24.3 Å². The number of carbonyl (C=O) groups is 1. The minimum Gasteiger partial charge on any atom is -0.363 e. The Labute approximate surface area is 150 Å². The molecule has 26 heavy (non-hydrogen) atoms.